The number of carbonyl (C=O) groups excluding carboxylic acids is 1. The van der Waals surface area contributed by atoms with Gasteiger partial charge in [0.25, 0.3) is 0 Å². The van der Waals surface area contributed by atoms with Crippen molar-refractivity contribution in [3.05, 3.63) is 36.0 Å². The van der Waals surface area contributed by atoms with Crippen molar-refractivity contribution in [2.45, 2.75) is 6.92 Å². The van der Waals surface area contributed by atoms with Crippen LogP contribution < -0.4 is 5.32 Å². The number of hydrogen-bond acceptors (Lipinski definition) is 1. The van der Waals surface area contributed by atoms with Crippen molar-refractivity contribution in [1.82, 2.24) is 10.3 Å². The molecule has 3 nitrogen and oxygen atoms in total. The number of rotatable bonds is 1. The Hall–Kier alpha value is -2.21. The molecule has 0 aliphatic rings. The topological polar surface area (TPSA) is 44.9 Å². The normalized spacial score (nSPS) is 9.56. The maximum absolute atomic E-state index is 10.6. The first-order valence-electron chi connectivity index (χ1n) is 5.07. The van der Waals surface area contributed by atoms with Gasteiger partial charge < -0.3 is 10.3 Å². The molecule has 0 saturated heterocycles. The number of benzene rings is 1. The van der Waals surface area contributed by atoms with E-state index >= 15 is 0 Å². The smallest absolute Gasteiger partial charge is 0.217 e. The van der Waals surface area contributed by atoms with E-state index in [-0.39, 0.29) is 5.91 Å². The van der Waals surface area contributed by atoms with E-state index in [0.717, 1.165) is 16.5 Å². The van der Waals surface area contributed by atoms with E-state index < -0.39 is 0 Å². The highest BCUT2D eigenvalue weighted by Crippen LogP contribution is 2.15. The molecule has 1 heterocycles. The molecule has 0 aliphatic carbocycles. The van der Waals surface area contributed by atoms with Crippen LogP contribution in [-0.4, -0.2) is 17.4 Å². The minimum absolute atomic E-state index is 0.0626. The fourth-order valence-corrected chi connectivity index (χ4v) is 1.50. The zero-order chi connectivity index (χ0) is 11.4. The van der Waals surface area contributed by atoms with Crippen LogP contribution in [0.15, 0.2) is 30.5 Å². The third kappa shape index (κ3) is 2.23. The van der Waals surface area contributed by atoms with Gasteiger partial charge in [-0.25, -0.2) is 0 Å². The van der Waals surface area contributed by atoms with E-state index in [1.165, 1.54) is 6.92 Å². The minimum Gasteiger partial charge on any atom is -0.360 e. The Morgan fingerprint density at radius 1 is 1.44 bits per heavy atom. The molecule has 0 aliphatic heterocycles. The van der Waals surface area contributed by atoms with E-state index in [2.05, 4.69) is 22.1 Å². The number of nitrogens with one attached hydrogen (secondary N) is 2. The van der Waals surface area contributed by atoms with Crippen LogP contribution in [0, 0.1) is 11.8 Å². The Labute approximate surface area is 93.9 Å². The summed E-state index contributed by atoms with van der Waals surface area (Å²) in [6.45, 7) is 1.86. The van der Waals surface area contributed by atoms with E-state index in [4.69, 9.17) is 0 Å². The second kappa shape index (κ2) is 4.54. The van der Waals surface area contributed by atoms with Gasteiger partial charge in [-0.15, -0.1) is 0 Å². The summed E-state index contributed by atoms with van der Waals surface area (Å²) in [5.74, 6) is 5.88. The molecule has 0 atom stereocenters. The summed E-state index contributed by atoms with van der Waals surface area (Å²) in [6.07, 6.45) is 1.89. The highest BCUT2D eigenvalue weighted by atomic mass is 16.1. The molecule has 0 unspecified atom stereocenters. The minimum atomic E-state index is -0.0626. The lowest BCUT2D eigenvalue weighted by molar-refractivity contribution is -0.118. The van der Waals surface area contributed by atoms with Crippen LogP contribution in [0.3, 0.4) is 0 Å². The van der Waals surface area contributed by atoms with Gasteiger partial charge >= 0.3 is 0 Å². The van der Waals surface area contributed by atoms with Crippen molar-refractivity contribution in [3.8, 4) is 11.8 Å². The number of amides is 1. The highest BCUT2D eigenvalue weighted by molar-refractivity contribution is 5.85. The molecule has 2 rings (SSSR count). The summed E-state index contributed by atoms with van der Waals surface area (Å²) < 4.78 is 0. The van der Waals surface area contributed by atoms with E-state index in [0.29, 0.717) is 6.54 Å². The molecule has 2 aromatic rings. The van der Waals surface area contributed by atoms with Crippen LogP contribution in [0.25, 0.3) is 10.9 Å². The molecule has 1 amide bonds. The maximum atomic E-state index is 10.6. The lowest BCUT2D eigenvalue weighted by Crippen LogP contribution is -2.19. The highest BCUT2D eigenvalue weighted by Gasteiger charge is 1.97. The molecule has 0 bridgehead atoms. The Morgan fingerprint density at radius 2 is 2.31 bits per heavy atom. The molecule has 0 radical (unpaired) electrons. The van der Waals surface area contributed by atoms with Crippen molar-refractivity contribution in [1.29, 1.82) is 0 Å². The zero-order valence-electron chi connectivity index (χ0n) is 9.00. The summed E-state index contributed by atoms with van der Waals surface area (Å²) in [5.41, 5.74) is 1.99. The van der Waals surface area contributed by atoms with Crippen molar-refractivity contribution in [3.63, 3.8) is 0 Å². The van der Waals surface area contributed by atoms with Crippen molar-refractivity contribution >= 4 is 16.8 Å². The molecule has 0 saturated carbocycles. The third-order valence-electron chi connectivity index (χ3n) is 2.24. The first kappa shape index (κ1) is 10.3. The van der Waals surface area contributed by atoms with Gasteiger partial charge in [0, 0.05) is 24.1 Å². The Bertz CT molecular complexity index is 572. The van der Waals surface area contributed by atoms with Gasteiger partial charge in [-0.3, -0.25) is 4.79 Å². The van der Waals surface area contributed by atoms with Gasteiger partial charge in [0.2, 0.25) is 5.91 Å². The van der Waals surface area contributed by atoms with Crippen LogP contribution >= 0.6 is 0 Å². The largest absolute Gasteiger partial charge is 0.360 e. The second-order valence-corrected chi connectivity index (χ2v) is 3.46. The van der Waals surface area contributed by atoms with Crippen LogP contribution in [-0.2, 0) is 4.79 Å². The van der Waals surface area contributed by atoms with Crippen LogP contribution in [0.1, 0.15) is 12.5 Å². The summed E-state index contributed by atoms with van der Waals surface area (Å²) in [7, 11) is 0. The molecule has 2 N–H and O–H groups in total. The summed E-state index contributed by atoms with van der Waals surface area (Å²) in [4.78, 5) is 13.8. The first-order chi connectivity index (χ1) is 7.77. The lowest BCUT2D eigenvalue weighted by atomic mass is 10.1. The van der Waals surface area contributed by atoms with Gasteiger partial charge in [-0.1, -0.05) is 24.0 Å². The van der Waals surface area contributed by atoms with E-state index in [1.54, 1.807) is 0 Å². The van der Waals surface area contributed by atoms with Crippen LogP contribution in [0.2, 0.25) is 0 Å². The quantitative estimate of drug-likeness (QED) is 0.694. The summed E-state index contributed by atoms with van der Waals surface area (Å²) >= 11 is 0. The number of para-hydroxylation sites is 1. The average molecular weight is 212 g/mol. The zero-order valence-corrected chi connectivity index (χ0v) is 9.00. The second-order valence-electron chi connectivity index (χ2n) is 3.46. The number of hydrogen-bond donors (Lipinski definition) is 2. The molecular formula is C13H12N2O. The summed E-state index contributed by atoms with van der Waals surface area (Å²) in [6, 6.07) is 7.97. The first-order valence-corrected chi connectivity index (χ1v) is 5.07. The van der Waals surface area contributed by atoms with Gasteiger partial charge in [0.05, 0.1) is 12.1 Å². The maximum Gasteiger partial charge on any atom is 0.217 e. The molecule has 1 aromatic carbocycles. The molecular weight excluding hydrogens is 200 g/mol. The average Bonchev–Trinajstić information content (AvgIpc) is 2.72. The van der Waals surface area contributed by atoms with E-state index in [9.17, 15) is 4.79 Å². The van der Waals surface area contributed by atoms with Gasteiger partial charge in [0.15, 0.2) is 0 Å². The van der Waals surface area contributed by atoms with Gasteiger partial charge in [-0.2, -0.15) is 0 Å². The Morgan fingerprint density at radius 3 is 3.12 bits per heavy atom. The molecule has 80 valence electrons. The summed E-state index contributed by atoms with van der Waals surface area (Å²) in [5, 5.41) is 3.78. The monoisotopic (exact) mass is 212 g/mol. The fourth-order valence-electron chi connectivity index (χ4n) is 1.50. The van der Waals surface area contributed by atoms with Crippen LogP contribution in [0.5, 0.6) is 0 Å². The SMILES string of the molecule is CC(=O)NCC#Cc1cccc2cc[nH]c12. The molecule has 1 aromatic heterocycles. The van der Waals surface area contributed by atoms with Gasteiger partial charge in [0.1, 0.15) is 0 Å². The predicted octanol–water partition coefficient (Wildman–Crippen LogP) is 1.66. The number of H-pyrrole nitrogens is 1. The lowest BCUT2D eigenvalue weighted by Gasteiger charge is -1.94. The van der Waals surface area contributed by atoms with E-state index in [1.807, 2.05) is 30.5 Å². The molecule has 0 spiro atoms. The van der Waals surface area contributed by atoms with Crippen LogP contribution in [0.4, 0.5) is 0 Å². The van der Waals surface area contributed by atoms with Crippen molar-refractivity contribution in [2.24, 2.45) is 0 Å². The number of aromatic nitrogens is 1. The van der Waals surface area contributed by atoms with Crippen molar-refractivity contribution in [2.75, 3.05) is 6.54 Å². The molecule has 3 heteroatoms. The number of fused-ring (bicyclic) bond motifs is 1. The molecule has 16 heavy (non-hydrogen) atoms. The Balaban J connectivity index is 2.20. The standard InChI is InChI=1S/C13H12N2O/c1-10(16)14-8-3-6-11-4-2-5-12-7-9-15-13(11)12/h2,4-5,7,9,15H,8H2,1H3,(H,14,16). The Kier molecular flexibility index (Phi) is 2.93. The number of carbonyl (C=O) groups is 1. The molecule has 0 fully saturated rings. The fraction of sp³-hybridized carbons (Fsp3) is 0.154. The number of aromatic amines is 1. The van der Waals surface area contributed by atoms with Crippen molar-refractivity contribution < 1.29 is 4.79 Å². The third-order valence-corrected chi connectivity index (χ3v) is 2.24. The predicted molar refractivity (Wildman–Crippen MR) is 63.9 cm³/mol. The van der Waals surface area contributed by atoms with Gasteiger partial charge in [-0.05, 0) is 12.1 Å².